The molecule has 0 amide bonds. The Morgan fingerprint density at radius 1 is 1.00 bits per heavy atom. The van der Waals surface area contributed by atoms with Gasteiger partial charge in [0.2, 0.25) is 0 Å². The van der Waals surface area contributed by atoms with Gasteiger partial charge in [-0.15, -0.1) is 0 Å². The zero-order valence-electron chi connectivity index (χ0n) is 13.7. The van der Waals surface area contributed by atoms with Crippen molar-refractivity contribution in [3.8, 4) is 0 Å². The molecule has 0 atom stereocenters. The van der Waals surface area contributed by atoms with Crippen LogP contribution in [0.3, 0.4) is 0 Å². The second-order valence-electron chi connectivity index (χ2n) is 6.09. The van der Waals surface area contributed by atoms with Crippen molar-refractivity contribution >= 4 is 44.7 Å². The molecule has 0 spiro atoms. The van der Waals surface area contributed by atoms with Gasteiger partial charge in [-0.3, -0.25) is 0 Å². The summed E-state index contributed by atoms with van der Waals surface area (Å²) >= 11 is 0.218. The molecular formula is C16H31IN2Sn. The molecule has 0 saturated heterocycles. The van der Waals surface area contributed by atoms with E-state index in [1.54, 1.807) is 3.71 Å². The third kappa shape index (κ3) is 4.89. The van der Waals surface area contributed by atoms with Crippen LogP contribution in [0.15, 0.2) is 6.33 Å². The zero-order valence-corrected chi connectivity index (χ0v) is 18.7. The first kappa shape index (κ1) is 18.8. The molecule has 2 nitrogen and oxygen atoms in total. The van der Waals surface area contributed by atoms with Crippen LogP contribution >= 0.6 is 22.6 Å². The zero-order chi connectivity index (χ0) is 15.0. The Labute approximate surface area is 143 Å². The van der Waals surface area contributed by atoms with E-state index in [0.29, 0.717) is 0 Å². The number of aryl methyl sites for hydroxylation is 1. The van der Waals surface area contributed by atoms with Crippen molar-refractivity contribution in [1.82, 2.24) is 9.55 Å². The number of hydrogen-bond donors (Lipinski definition) is 0. The van der Waals surface area contributed by atoms with Crippen molar-refractivity contribution < 1.29 is 0 Å². The van der Waals surface area contributed by atoms with Gasteiger partial charge in [0, 0.05) is 0 Å². The fraction of sp³-hybridized carbons (Fsp3) is 0.812. The Balaban J connectivity index is 3.11. The third-order valence-electron chi connectivity index (χ3n) is 4.42. The fourth-order valence-electron chi connectivity index (χ4n) is 3.27. The van der Waals surface area contributed by atoms with E-state index in [4.69, 9.17) is 0 Å². The SMILES string of the molecule is CCC[CH2][Sn]([CH2]CCC)([CH2]CCC)[c]1c(I)ncn1C. The van der Waals surface area contributed by atoms with E-state index in [2.05, 4.69) is 60.0 Å². The Hall–Kier alpha value is 0.739. The normalized spacial score (nSPS) is 12.1. The summed E-state index contributed by atoms with van der Waals surface area (Å²) in [5, 5.41) is 0. The van der Waals surface area contributed by atoms with E-state index in [0.717, 1.165) is 0 Å². The molecule has 0 N–H and O–H groups in total. The third-order valence-corrected chi connectivity index (χ3v) is 22.4. The first-order chi connectivity index (χ1) is 9.61. The minimum absolute atomic E-state index is 1.31. The molecule has 1 rings (SSSR count). The average Bonchev–Trinajstić information content (AvgIpc) is 2.79. The van der Waals surface area contributed by atoms with Crippen molar-refractivity contribution in [2.75, 3.05) is 0 Å². The summed E-state index contributed by atoms with van der Waals surface area (Å²) < 4.78 is 9.97. The average molecular weight is 497 g/mol. The Bertz CT molecular complexity index is 349. The van der Waals surface area contributed by atoms with E-state index >= 15 is 0 Å². The van der Waals surface area contributed by atoms with E-state index < -0.39 is 18.4 Å². The summed E-state index contributed by atoms with van der Waals surface area (Å²) in [7, 11) is 2.22. The summed E-state index contributed by atoms with van der Waals surface area (Å²) in [6, 6.07) is 0. The number of nitrogens with zero attached hydrogens (tertiary/aromatic N) is 2. The maximum atomic E-state index is 4.61. The minimum atomic E-state index is -2.26. The second-order valence-corrected chi connectivity index (χ2v) is 20.0. The maximum absolute atomic E-state index is 4.61. The molecule has 20 heavy (non-hydrogen) atoms. The molecule has 0 unspecified atom stereocenters. The van der Waals surface area contributed by atoms with Gasteiger partial charge in [0.1, 0.15) is 0 Å². The van der Waals surface area contributed by atoms with Gasteiger partial charge in [0.15, 0.2) is 0 Å². The molecule has 0 radical (unpaired) electrons. The fourth-order valence-corrected chi connectivity index (χ4v) is 24.3. The summed E-state index contributed by atoms with van der Waals surface area (Å²) in [6.07, 6.45) is 10.3. The summed E-state index contributed by atoms with van der Waals surface area (Å²) in [4.78, 5) is 4.61. The monoisotopic (exact) mass is 498 g/mol. The van der Waals surface area contributed by atoms with E-state index in [1.165, 1.54) is 55.5 Å². The van der Waals surface area contributed by atoms with Gasteiger partial charge in [0.05, 0.1) is 0 Å². The van der Waals surface area contributed by atoms with Gasteiger partial charge < -0.3 is 0 Å². The number of imidazole rings is 1. The van der Waals surface area contributed by atoms with Gasteiger partial charge >= 0.3 is 144 Å². The molecule has 0 fully saturated rings. The van der Waals surface area contributed by atoms with Gasteiger partial charge in [0.25, 0.3) is 0 Å². The van der Waals surface area contributed by atoms with E-state index in [1.807, 2.05) is 6.33 Å². The topological polar surface area (TPSA) is 17.8 Å². The van der Waals surface area contributed by atoms with Gasteiger partial charge in [-0.25, -0.2) is 0 Å². The van der Waals surface area contributed by atoms with Crippen molar-refractivity contribution in [2.45, 2.75) is 72.6 Å². The van der Waals surface area contributed by atoms with Crippen molar-refractivity contribution in [1.29, 1.82) is 0 Å². The predicted octanol–water partition coefficient (Wildman–Crippen LogP) is 5.08. The van der Waals surface area contributed by atoms with Crippen LogP contribution in [0.2, 0.25) is 13.3 Å². The van der Waals surface area contributed by atoms with Crippen molar-refractivity contribution in [2.24, 2.45) is 7.05 Å². The van der Waals surface area contributed by atoms with Crippen molar-refractivity contribution in [3.63, 3.8) is 0 Å². The molecule has 1 heterocycles. The number of rotatable bonds is 10. The summed E-state index contributed by atoms with van der Waals surface area (Å²) in [6.45, 7) is 7.01. The van der Waals surface area contributed by atoms with Crippen LogP contribution in [0.1, 0.15) is 59.3 Å². The van der Waals surface area contributed by atoms with Crippen molar-refractivity contribution in [3.05, 3.63) is 10.0 Å². The molecule has 0 aliphatic rings. The summed E-state index contributed by atoms with van der Waals surface area (Å²) in [5.41, 5.74) is 0. The number of halogens is 1. The molecule has 4 heteroatoms. The Morgan fingerprint density at radius 3 is 1.75 bits per heavy atom. The van der Waals surface area contributed by atoms with Crippen LogP contribution in [-0.2, 0) is 7.05 Å². The van der Waals surface area contributed by atoms with Crippen LogP contribution in [0, 0.1) is 3.70 Å². The number of unbranched alkanes of at least 4 members (excludes halogenated alkanes) is 3. The van der Waals surface area contributed by atoms with Crippen LogP contribution in [0.25, 0.3) is 0 Å². The molecule has 0 saturated carbocycles. The number of hydrogen-bond acceptors (Lipinski definition) is 1. The van der Waals surface area contributed by atoms with Crippen LogP contribution in [0.4, 0.5) is 0 Å². The van der Waals surface area contributed by atoms with Crippen LogP contribution in [0.5, 0.6) is 0 Å². The molecule has 1 aromatic heterocycles. The first-order valence-electron chi connectivity index (χ1n) is 8.28. The first-order valence-corrected chi connectivity index (χ1v) is 16.8. The molecule has 1 aromatic rings. The molecule has 0 aromatic carbocycles. The van der Waals surface area contributed by atoms with E-state index in [9.17, 15) is 0 Å². The van der Waals surface area contributed by atoms with Gasteiger partial charge in [-0.2, -0.15) is 0 Å². The van der Waals surface area contributed by atoms with E-state index in [-0.39, 0.29) is 0 Å². The second kappa shape index (κ2) is 9.69. The molecule has 0 aliphatic heterocycles. The van der Waals surface area contributed by atoms with Gasteiger partial charge in [-0.05, 0) is 0 Å². The molecule has 116 valence electrons. The quantitative estimate of drug-likeness (QED) is 0.326. The molecule has 0 aliphatic carbocycles. The molecule has 0 bridgehead atoms. The van der Waals surface area contributed by atoms with Crippen LogP contribution < -0.4 is 3.71 Å². The molecular weight excluding hydrogens is 466 g/mol. The Kier molecular flexibility index (Phi) is 9.11. The Morgan fingerprint density at radius 2 is 1.45 bits per heavy atom. The van der Waals surface area contributed by atoms with Crippen LogP contribution in [-0.4, -0.2) is 27.9 Å². The standard InChI is InChI=1S/C4H4IN2.3C4H9.Sn/c1-7-2-4(5)6-3-7;3*1-3-4-2;/h3H,1H3;3*1,3-4H2,2H3;. The van der Waals surface area contributed by atoms with Gasteiger partial charge in [-0.1, -0.05) is 0 Å². The summed E-state index contributed by atoms with van der Waals surface area (Å²) in [5.74, 6) is 0. The predicted molar refractivity (Wildman–Crippen MR) is 100 cm³/mol. The number of aromatic nitrogens is 2.